The van der Waals surface area contributed by atoms with Crippen molar-refractivity contribution >= 4 is 44.8 Å². The van der Waals surface area contributed by atoms with E-state index in [4.69, 9.17) is 17.3 Å². The third kappa shape index (κ3) is 2.95. The highest BCUT2D eigenvalue weighted by Crippen LogP contribution is 2.40. The average Bonchev–Trinajstić information content (AvgIpc) is 3.11. The van der Waals surface area contributed by atoms with Gasteiger partial charge in [-0.1, -0.05) is 17.7 Å². The molecule has 2 N–H and O–H groups in total. The van der Waals surface area contributed by atoms with E-state index in [0.717, 1.165) is 23.5 Å². The minimum atomic E-state index is -4.46. The van der Waals surface area contributed by atoms with E-state index in [2.05, 4.69) is 0 Å². The highest BCUT2D eigenvalue weighted by Gasteiger charge is 2.33. The van der Waals surface area contributed by atoms with E-state index in [1.54, 1.807) is 0 Å². The maximum atomic E-state index is 12.8. The molecule has 0 bridgehead atoms. The molecule has 3 rings (SSSR count). The molecule has 1 aromatic heterocycles. The third-order valence-corrected chi connectivity index (χ3v) is 5.67. The zero-order chi connectivity index (χ0) is 17.6. The number of likely N-dealkylation sites (tertiary alicyclic amines) is 1. The van der Waals surface area contributed by atoms with E-state index in [9.17, 15) is 22.8 Å². The number of nitrogens with zero attached hydrogens (tertiary/aromatic N) is 1. The van der Waals surface area contributed by atoms with Crippen LogP contribution < -0.4 is 5.73 Å². The fraction of sp³-hybridized carbons (Fsp3) is 0.333. The minimum Gasteiger partial charge on any atom is -0.369 e. The second-order valence-corrected chi connectivity index (χ2v) is 7.02. The molecule has 1 aliphatic rings. The zero-order valence-corrected chi connectivity index (χ0v) is 13.8. The molecular weight excluding hydrogens is 365 g/mol. The number of carbonyl (C=O) groups excluding carboxylic acids is 2. The summed E-state index contributed by atoms with van der Waals surface area (Å²) in [5.74, 6) is -1.26. The molecule has 1 aliphatic heterocycles. The first-order valence-corrected chi connectivity index (χ1v) is 8.25. The molecular formula is C15H12ClF3N2O2S. The van der Waals surface area contributed by atoms with Gasteiger partial charge >= 0.3 is 6.18 Å². The molecule has 0 spiro atoms. The summed E-state index contributed by atoms with van der Waals surface area (Å²) >= 11 is 7.11. The van der Waals surface area contributed by atoms with Crippen LogP contribution in [-0.2, 0) is 11.0 Å². The number of hydrogen-bond acceptors (Lipinski definition) is 3. The van der Waals surface area contributed by atoms with Crippen LogP contribution in [0.3, 0.4) is 0 Å². The van der Waals surface area contributed by atoms with Crippen LogP contribution in [0.2, 0.25) is 5.02 Å². The van der Waals surface area contributed by atoms with Gasteiger partial charge in [0.15, 0.2) is 0 Å². The van der Waals surface area contributed by atoms with Crippen LogP contribution in [0.4, 0.5) is 13.2 Å². The molecule has 4 nitrogen and oxygen atoms in total. The van der Waals surface area contributed by atoms with Crippen molar-refractivity contribution in [2.24, 2.45) is 11.7 Å². The normalized spacial score (nSPS) is 18.3. The smallest absolute Gasteiger partial charge is 0.369 e. The number of nitrogens with two attached hydrogens (primary N) is 1. The van der Waals surface area contributed by atoms with Gasteiger partial charge in [0.05, 0.1) is 16.5 Å². The van der Waals surface area contributed by atoms with Crippen LogP contribution in [-0.4, -0.2) is 29.8 Å². The molecule has 1 aromatic carbocycles. The van der Waals surface area contributed by atoms with E-state index < -0.39 is 29.5 Å². The van der Waals surface area contributed by atoms with Gasteiger partial charge in [-0.2, -0.15) is 13.2 Å². The Bertz CT molecular complexity index is 834. The van der Waals surface area contributed by atoms with E-state index in [-0.39, 0.29) is 16.4 Å². The first-order chi connectivity index (χ1) is 11.2. The number of amides is 2. The second-order valence-electron chi connectivity index (χ2n) is 5.59. The summed E-state index contributed by atoms with van der Waals surface area (Å²) in [5, 5.41) is 0.542. The Balaban J connectivity index is 1.94. The molecule has 1 saturated heterocycles. The number of benzene rings is 1. The molecule has 0 aliphatic carbocycles. The second kappa shape index (κ2) is 5.93. The fourth-order valence-electron chi connectivity index (χ4n) is 2.70. The Morgan fingerprint density at radius 2 is 2.04 bits per heavy atom. The number of hydrogen-bond donors (Lipinski definition) is 1. The molecule has 2 amide bonds. The van der Waals surface area contributed by atoms with E-state index >= 15 is 0 Å². The minimum absolute atomic E-state index is 0.135. The first-order valence-electron chi connectivity index (χ1n) is 7.06. The van der Waals surface area contributed by atoms with E-state index in [1.165, 1.54) is 11.0 Å². The van der Waals surface area contributed by atoms with Gasteiger partial charge in [0, 0.05) is 23.2 Å². The Labute approximate surface area is 144 Å². The predicted molar refractivity (Wildman–Crippen MR) is 85.0 cm³/mol. The van der Waals surface area contributed by atoms with Crippen molar-refractivity contribution in [2.45, 2.75) is 12.6 Å². The van der Waals surface area contributed by atoms with Gasteiger partial charge in [-0.3, -0.25) is 9.59 Å². The number of rotatable bonds is 2. The van der Waals surface area contributed by atoms with Gasteiger partial charge in [-0.25, -0.2) is 0 Å². The maximum absolute atomic E-state index is 12.8. The van der Waals surface area contributed by atoms with Crippen LogP contribution in [0.15, 0.2) is 18.2 Å². The van der Waals surface area contributed by atoms with Crippen molar-refractivity contribution in [3.8, 4) is 0 Å². The lowest BCUT2D eigenvalue weighted by Gasteiger charge is -2.14. The van der Waals surface area contributed by atoms with E-state index in [1.807, 2.05) is 0 Å². The molecule has 0 saturated carbocycles. The summed E-state index contributed by atoms with van der Waals surface area (Å²) in [4.78, 5) is 25.4. The molecule has 1 fully saturated rings. The lowest BCUT2D eigenvalue weighted by Crippen LogP contribution is -2.31. The summed E-state index contributed by atoms with van der Waals surface area (Å²) in [6.07, 6.45) is -3.99. The predicted octanol–water partition coefficient (Wildman–Crippen LogP) is 3.52. The van der Waals surface area contributed by atoms with Gasteiger partial charge in [-0.15, -0.1) is 11.3 Å². The van der Waals surface area contributed by atoms with E-state index in [0.29, 0.717) is 23.1 Å². The zero-order valence-electron chi connectivity index (χ0n) is 12.2. The van der Waals surface area contributed by atoms with Crippen molar-refractivity contribution in [3.05, 3.63) is 33.7 Å². The lowest BCUT2D eigenvalue weighted by molar-refractivity contribution is -0.137. The van der Waals surface area contributed by atoms with Crippen LogP contribution in [0.25, 0.3) is 10.1 Å². The van der Waals surface area contributed by atoms with Crippen LogP contribution in [0.1, 0.15) is 21.7 Å². The number of carbonyl (C=O) groups is 2. The van der Waals surface area contributed by atoms with Gasteiger partial charge in [0.25, 0.3) is 5.91 Å². The Hall–Kier alpha value is -1.80. The molecule has 1 unspecified atom stereocenters. The number of thiophene rings is 1. The number of primary amides is 1. The number of halogens is 4. The lowest BCUT2D eigenvalue weighted by atomic mass is 10.1. The van der Waals surface area contributed by atoms with Crippen molar-refractivity contribution in [1.82, 2.24) is 4.90 Å². The van der Waals surface area contributed by atoms with Crippen LogP contribution in [0.5, 0.6) is 0 Å². The van der Waals surface area contributed by atoms with Crippen molar-refractivity contribution in [2.75, 3.05) is 13.1 Å². The van der Waals surface area contributed by atoms with Crippen LogP contribution >= 0.6 is 22.9 Å². The standard InChI is InChI=1S/C15H12ClF3N2O2S/c16-11-9-2-1-8(15(17,18)19)5-10(9)24-12(11)14(23)21-4-3-7(6-21)13(20)22/h1-2,5,7H,3-4,6H2,(H2,20,22). The summed E-state index contributed by atoms with van der Waals surface area (Å²) in [5.41, 5.74) is 4.45. The first kappa shape index (κ1) is 17.0. The Morgan fingerprint density at radius 1 is 1.33 bits per heavy atom. The van der Waals surface area contributed by atoms with Crippen LogP contribution in [0, 0.1) is 5.92 Å². The summed E-state index contributed by atoms with van der Waals surface area (Å²) < 4.78 is 38.7. The van der Waals surface area contributed by atoms with Gasteiger partial charge in [0.1, 0.15) is 4.88 Å². The summed E-state index contributed by atoms with van der Waals surface area (Å²) in [7, 11) is 0. The quantitative estimate of drug-likeness (QED) is 0.871. The third-order valence-electron chi connectivity index (χ3n) is 4.03. The van der Waals surface area contributed by atoms with Crippen molar-refractivity contribution in [1.29, 1.82) is 0 Å². The Morgan fingerprint density at radius 3 is 2.62 bits per heavy atom. The number of fused-ring (bicyclic) bond motifs is 1. The maximum Gasteiger partial charge on any atom is 0.416 e. The van der Waals surface area contributed by atoms with Crippen molar-refractivity contribution in [3.63, 3.8) is 0 Å². The number of alkyl halides is 3. The molecule has 0 radical (unpaired) electrons. The van der Waals surface area contributed by atoms with Crippen molar-refractivity contribution < 1.29 is 22.8 Å². The summed E-state index contributed by atoms with van der Waals surface area (Å²) in [6.45, 7) is 0.567. The molecule has 24 heavy (non-hydrogen) atoms. The monoisotopic (exact) mass is 376 g/mol. The summed E-state index contributed by atoms with van der Waals surface area (Å²) in [6, 6.07) is 3.19. The van der Waals surface area contributed by atoms with Gasteiger partial charge in [0.2, 0.25) is 5.91 Å². The molecule has 2 aromatic rings. The molecule has 9 heteroatoms. The molecule has 128 valence electrons. The van der Waals surface area contributed by atoms with Gasteiger partial charge < -0.3 is 10.6 Å². The fourth-order valence-corrected chi connectivity index (χ4v) is 4.22. The average molecular weight is 377 g/mol. The molecule has 2 heterocycles. The Kier molecular flexibility index (Phi) is 4.21. The SMILES string of the molecule is NC(=O)C1CCN(C(=O)c2sc3cc(C(F)(F)F)ccc3c2Cl)C1. The largest absolute Gasteiger partial charge is 0.416 e. The highest BCUT2D eigenvalue weighted by molar-refractivity contribution is 7.21. The topological polar surface area (TPSA) is 63.4 Å². The van der Waals surface area contributed by atoms with Gasteiger partial charge in [-0.05, 0) is 18.6 Å². The molecule has 1 atom stereocenters. The highest BCUT2D eigenvalue weighted by atomic mass is 35.5.